The van der Waals surface area contributed by atoms with E-state index >= 15 is 0 Å². The Hall–Kier alpha value is -2.69. The van der Waals surface area contributed by atoms with E-state index in [1.807, 2.05) is 48.5 Å². The molecular formula is C23H21Cl2NO3. The lowest BCUT2D eigenvalue weighted by molar-refractivity contribution is 0.0526. The zero-order valence-corrected chi connectivity index (χ0v) is 17.5. The lowest BCUT2D eigenvalue weighted by Crippen LogP contribution is -2.06. The van der Waals surface area contributed by atoms with Crippen LogP contribution in [0.25, 0.3) is 0 Å². The molecule has 3 aromatic carbocycles. The minimum atomic E-state index is -0.329. The van der Waals surface area contributed by atoms with E-state index in [2.05, 4.69) is 5.32 Å². The Balaban J connectivity index is 1.66. The largest absolute Gasteiger partial charge is 0.488 e. The summed E-state index contributed by atoms with van der Waals surface area (Å²) in [7, 11) is 0. The molecule has 0 saturated carbocycles. The van der Waals surface area contributed by atoms with E-state index in [4.69, 9.17) is 32.7 Å². The molecular weight excluding hydrogens is 409 g/mol. The van der Waals surface area contributed by atoms with Crippen LogP contribution in [-0.2, 0) is 17.9 Å². The Bertz CT molecular complexity index is 974. The van der Waals surface area contributed by atoms with Crippen LogP contribution in [0, 0.1) is 0 Å². The first-order valence-corrected chi connectivity index (χ1v) is 9.98. The van der Waals surface area contributed by atoms with Crippen LogP contribution in [0.4, 0.5) is 5.69 Å². The lowest BCUT2D eigenvalue weighted by Gasteiger charge is -2.14. The average Bonchev–Trinajstić information content (AvgIpc) is 2.73. The molecule has 0 radical (unpaired) electrons. The Kier molecular flexibility index (Phi) is 7.39. The Labute approximate surface area is 180 Å². The molecule has 0 amide bonds. The highest BCUT2D eigenvalue weighted by molar-refractivity contribution is 6.31. The van der Waals surface area contributed by atoms with Gasteiger partial charge in [-0.2, -0.15) is 0 Å². The van der Waals surface area contributed by atoms with Crippen LogP contribution in [-0.4, -0.2) is 12.6 Å². The van der Waals surface area contributed by atoms with E-state index in [1.165, 1.54) is 0 Å². The number of nitrogens with one attached hydrogen (secondary N) is 1. The van der Waals surface area contributed by atoms with Gasteiger partial charge in [-0.1, -0.05) is 41.4 Å². The quantitative estimate of drug-likeness (QED) is 0.423. The van der Waals surface area contributed by atoms with Gasteiger partial charge in [-0.25, -0.2) is 4.79 Å². The van der Waals surface area contributed by atoms with E-state index in [9.17, 15) is 4.79 Å². The van der Waals surface area contributed by atoms with E-state index < -0.39 is 0 Å². The molecule has 3 aromatic rings. The molecule has 0 atom stereocenters. The monoisotopic (exact) mass is 429 g/mol. The number of hydrogen-bond acceptors (Lipinski definition) is 4. The molecule has 0 heterocycles. The molecule has 0 bridgehead atoms. The molecule has 150 valence electrons. The van der Waals surface area contributed by atoms with Gasteiger partial charge in [0.2, 0.25) is 0 Å². The number of carbonyl (C=O) groups is 1. The first-order chi connectivity index (χ1) is 14.1. The number of hydrogen-bond donors (Lipinski definition) is 1. The van der Waals surface area contributed by atoms with Crippen LogP contribution < -0.4 is 10.1 Å². The molecule has 29 heavy (non-hydrogen) atoms. The third-order valence-corrected chi connectivity index (χ3v) is 4.85. The van der Waals surface area contributed by atoms with Crippen molar-refractivity contribution in [3.8, 4) is 5.75 Å². The normalized spacial score (nSPS) is 10.4. The van der Waals surface area contributed by atoms with Crippen molar-refractivity contribution in [1.29, 1.82) is 0 Å². The number of benzene rings is 3. The number of anilines is 1. The number of esters is 1. The highest BCUT2D eigenvalue weighted by Gasteiger charge is 2.09. The fourth-order valence-corrected chi connectivity index (χ4v) is 3.12. The predicted octanol–water partition coefficient (Wildman–Crippen LogP) is 6.36. The van der Waals surface area contributed by atoms with Crippen LogP contribution in [0.5, 0.6) is 5.75 Å². The topological polar surface area (TPSA) is 47.6 Å². The molecule has 0 unspecified atom stereocenters. The average molecular weight is 430 g/mol. The summed E-state index contributed by atoms with van der Waals surface area (Å²) >= 11 is 12.4. The van der Waals surface area contributed by atoms with Crippen LogP contribution in [0.2, 0.25) is 10.0 Å². The van der Waals surface area contributed by atoms with Gasteiger partial charge in [0.15, 0.2) is 0 Å². The van der Waals surface area contributed by atoms with Crippen LogP contribution in [0.1, 0.15) is 28.4 Å². The number of halogens is 2. The van der Waals surface area contributed by atoms with Crippen molar-refractivity contribution in [2.75, 3.05) is 11.9 Å². The summed E-state index contributed by atoms with van der Waals surface area (Å²) in [5.74, 6) is 0.397. The Morgan fingerprint density at radius 3 is 2.45 bits per heavy atom. The zero-order chi connectivity index (χ0) is 20.6. The molecule has 3 rings (SSSR count). The smallest absolute Gasteiger partial charge is 0.338 e. The molecule has 0 saturated heterocycles. The van der Waals surface area contributed by atoms with Gasteiger partial charge in [0.25, 0.3) is 0 Å². The van der Waals surface area contributed by atoms with Gasteiger partial charge in [-0.05, 0) is 55.5 Å². The molecule has 4 nitrogen and oxygen atoms in total. The van der Waals surface area contributed by atoms with Gasteiger partial charge < -0.3 is 14.8 Å². The van der Waals surface area contributed by atoms with Crippen molar-refractivity contribution >= 4 is 34.9 Å². The first kappa shape index (κ1) is 21.0. The molecule has 0 aliphatic carbocycles. The van der Waals surface area contributed by atoms with Gasteiger partial charge in [-0.15, -0.1) is 0 Å². The third-order valence-electron chi connectivity index (χ3n) is 4.24. The molecule has 0 spiro atoms. The van der Waals surface area contributed by atoms with Crippen LogP contribution in [0.15, 0.2) is 66.7 Å². The van der Waals surface area contributed by atoms with Crippen molar-refractivity contribution in [3.05, 3.63) is 93.5 Å². The minimum absolute atomic E-state index is 0.329. The van der Waals surface area contributed by atoms with Crippen molar-refractivity contribution < 1.29 is 14.3 Å². The Morgan fingerprint density at radius 1 is 0.966 bits per heavy atom. The van der Waals surface area contributed by atoms with Gasteiger partial charge >= 0.3 is 5.97 Å². The van der Waals surface area contributed by atoms with Crippen LogP contribution >= 0.6 is 23.2 Å². The summed E-state index contributed by atoms with van der Waals surface area (Å²) in [5.41, 5.74) is 3.22. The van der Waals surface area contributed by atoms with E-state index in [0.29, 0.717) is 35.4 Å². The van der Waals surface area contributed by atoms with E-state index in [0.717, 1.165) is 22.6 Å². The summed E-state index contributed by atoms with van der Waals surface area (Å²) < 4.78 is 11.0. The van der Waals surface area contributed by atoms with Gasteiger partial charge in [-0.3, -0.25) is 0 Å². The summed E-state index contributed by atoms with van der Waals surface area (Å²) in [6.45, 7) is 3.01. The van der Waals surface area contributed by atoms with Crippen molar-refractivity contribution in [2.24, 2.45) is 0 Å². The van der Waals surface area contributed by atoms with Crippen molar-refractivity contribution in [3.63, 3.8) is 0 Å². The maximum Gasteiger partial charge on any atom is 0.338 e. The second kappa shape index (κ2) is 10.2. The number of rotatable bonds is 8. The SMILES string of the molecule is CCOC(=O)c1ccc(NCc2cc(Cl)ccc2OCc2ccccc2Cl)cc1. The fraction of sp³-hybridized carbons (Fsp3) is 0.174. The molecule has 0 aliphatic heterocycles. The first-order valence-electron chi connectivity index (χ1n) is 9.22. The van der Waals surface area contributed by atoms with Crippen molar-refractivity contribution in [2.45, 2.75) is 20.1 Å². The summed E-state index contributed by atoms with van der Waals surface area (Å²) in [6.07, 6.45) is 0. The predicted molar refractivity (Wildman–Crippen MR) is 117 cm³/mol. The van der Waals surface area contributed by atoms with Crippen molar-refractivity contribution in [1.82, 2.24) is 0 Å². The maximum atomic E-state index is 11.7. The summed E-state index contributed by atoms with van der Waals surface area (Å²) in [4.78, 5) is 11.7. The van der Waals surface area contributed by atoms with Gasteiger partial charge in [0.05, 0.1) is 12.2 Å². The van der Waals surface area contributed by atoms with E-state index in [1.54, 1.807) is 25.1 Å². The Morgan fingerprint density at radius 2 is 1.72 bits per heavy atom. The molecule has 1 N–H and O–H groups in total. The zero-order valence-electron chi connectivity index (χ0n) is 16.0. The summed E-state index contributed by atoms with van der Waals surface area (Å²) in [5, 5.41) is 4.62. The number of ether oxygens (including phenoxy) is 2. The minimum Gasteiger partial charge on any atom is -0.488 e. The summed E-state index contributed by atoms with van der Waals surface area (Å²) in [6, 6.07) is 20.2. The highest BCUT2D eigenvalue weighted by atomic mass is 35.5. The van der Waals surface area contributed by atoms with Gasteiger partial charge in [0, 0.05) is 33.4 Å². The molecule has 6 heteroatoms. The van der Waals surface area contributed by atoms with E-state index in [-0.39, 0.29) is 5.97 Å². The van der Waals surface area contributed by atoms with Crippen LogP contribution in [0.3, 0.4) is 0 Å². The third kappa shape index (κ3) is 5.89. The molecule has 0 aromatic heterocycles. The second-order valence-electron chi connectivity index (χ2n) is 6.28. The lowest BCUT2D eigenvalue weighted by atomic mass is 10.1. The number of carbonyl (C=O) groups excluding carboxylic acids is 1. The standard InChI is InChI=1S/C23H21Cl2NO3/c1-2-28-23(27)16-7-10-20(11-8-16)26-14-18-13-19(24)9-12-22(18)29-15-17-5-3-4-6-21(17)25/h3-13,26H,2,14-15H2,1H3. The highest BCUT2D eigenvalue weighted by Crippen LogP contribution is 2.26. The molecule has 0 aliphatic rings. The second-order valence-corrected chi connectivity index (χ2v) is 7.13. The fourth-order valence-electron chi connectivity index (χ4n) is 2.73. The van der Waals surface area contributed by atoms with Gasteiger partial charge in [0.1, 0.15) is 12.4 Å². The molecule has 0 fully saturated rings. The maximum absolute atomic E-state index is 11.7.